The standard InChI is InChI=1S/C11H11FN2/c1-9-2-4-10(5-3-9)7-14-8-11(12)6-13-14/h2-6,8H,7H2,1H3. The van der Waals surface area contributed by atoms with Crippen molar-refractivity contribution in [2.24, 2.45) is 0 Å². The van der Waals surface area contributed by atoms with Crippen LogP contribution in [-0.2, 0) is 6.54 Å². The van der Waals surface area contributed by atoms with Crippen LogP contribution in [-0.4, -0.2) is 9.78 Å². The number of benzene rings is 1. The molecule has 0 atom stereocenters. The van der Waals surface area contributed by atoms with Gasteiger partial charge in [-0.05, 0) is 12.5 Å². The molecule has 1 aromatic carbocycles. The van der Waals surface area contributed by atoms with Crippen molar-refractivity contribution < 1.29 is 4.39 Å². The van der Waals surface area contributed by atoms with Gasteiger partial charge in [0.15, 0.2) is 5.82 Å². The lowest BCUT2D eigenvalue weighted by molar-refractivity contribution is 0.619. The smallest absolute Gasteiger partial charge is 0.161 e. The summed E-state index contributed by atoms with van der Waals surface area (Å²) in [5, 5.41) is 3.88. The van der Waals surface area contributed by atoms with Crippen LogP contribution in [0.2, 0.25) is 0 Å². The average Bonchev–Trinajstić information content (AvgIpc) is 2.56. The minimum absolute atomic E-state index is 0.294. The number of rotatable bonds is 2. The first-order valence-electron chi connectivity index (χ1n) is 4.47. The Bertz CT molecular complexity index is 417. The molecule has 0 aliphatic heterocycles. The zero-order valence-electron chi connectivity index (χ0n) is 7.94. The third-order valence-corrected chi connectivity index (χ3v) is 2.07. The fraction of sp³-hybridized carbons (Fsp3) is 0.182. The Morgan fingerprint density at radius 1 is 1.29 bits per heavy atom. The van der Waals surface area contributed by atoms with Gasteiger partial charge < -0.3 is 0 Å². The van der Waals surface area contributed by atoms with Crippen LogP contribution in [0.3, 0.4) is 0 Å². The summed E-state index contributed by atoms with van der Waals surface area (Å²) >= 11 is 0. The first-order chi connectivity index (χ1) is 6.74. The quantitative estimate of drug-likeness (QED) is 0.711. The van der Waals surface area contributed by atoms with Gasteiger partial charge in [-0.25, -0.2) is 4.39 Å². The Morgan fingerprint density at radius 3 is 2.57 bits per heavy atom. The van der Waals surface area contributed by atoms with Crippen LogP contribution in [0.1, 0.15) is 11.1 Å². The van der Waals surface area contributed by atoms with Crippen molar-refractivity contribution in [3.05, 3.63) is 53.6 Å². The molecule has 0 fully saturated rings. The van der Waals surface area contributed by atoms with Gasteiger partial charge in [-0.15, -0.1) is 0 Å². The lowest BCUT2D eigenvalue weighted by atomic mass is 10.1. The second-order valence-corrected chi connectivity index (χ2v) is 3.34. The lowest BCUT2D eigenvalue weighted by Crippen LogP contribution is -1.99. The van der Waals surface area contributed by atoms with Crippen LogP contribution in [0.4, 0.5) is 4.39 Å². The molecule has 0 unspecified atom stereocenters. The SMILES string of the molecule is Cc1ccc(Cn2cc(F)cn2)cc1. The Morgan fingerprint density at radius 2 is 2.00 bits per heavy atom. The lowest BCUT2D eigenvalue weighted by Gasteiger charge is -2.01. The molecule has 0 N–H and O–H groups in total. The van der Waals surface area contributed by atoms with Gasteiger partial charge in [0.25, 0.3) is 0 Å². The van der Waals surface area contributed by atoms with Gasteiger partial charge in [0, 0.05) is 0 Å². The number of hydrogen-bond acceptors (Lipinski definition) is 1. The van der Waals surface area contributed by atoms with Crippen LogP contribution >= 0.6 is 0 Å². The van der Waals surface area contributed by atoms with Crippen LogP contribution in [0.5, 0.6) is 0 Å². The number of nitrogens with zero attached hydrogens (tertiary/aromatic N) is 2. The van der Waals surface area contributed by atoms with E-state index in [4.69, 9.17) is 0 Å². The third-order valence-electron chi connectivity index (χ3n) is 2.07. The van der Waals surface area contributed by atoms with E-state index in [0.717, 1.165) is 5.56 Å². The minimum Gasteiger partial charge on any atom is -0.265 e. The second kappa shape index (κ2) is 3.62. The third kappa shape index (κ3) is 1.99. The van der Waals surface area contributed by atoms with Gasteiger partial charge in [0.2, 0.25) is 0 Å². The normalized spacial score (nSPS) is 10.4. The number of aryl methyl sites for hydroxylation is 1. The van der Waals surface area contributed by atoms with Gasteiger partial charge in [-0.2, -0.15) is 5.10 Å². The van der Waals surface area contributed by atoms with E-state index >= 15 is 0 Å². The highest BCUT2D eigenvalue weighted by Gasteiger charge is 1.97. The fourth-order valence-electron chi connectivity index (χ4n) is 1.31. The van der Waals surface area contributed by atoms with Gasteiger partial charge >= 0.3 is 0 Å². The molecule has 3 heteroatoms. The summed E-state index contributed by atoms with van der Waals surface area (Å²) in [6, 6.07) is 8.12. The summed E-state index contributed by atoms with van der Waals surface area (Å²) in [5.41, 5.74) is 2.35. The fourth-order valence-corrected chi connectivity index (χ4v) is 1.31. The molecular formula is C11H11FN2. The van der Waals surface area contributed by atoms with E-state index in [-0.39, 0.29) is 5.82 Å². The number of aromatic nitrogens is 2. The van der Waals surface area contributed by atoms with Crippen molar-refractivity contribution >= 4 is 0 Å². The van der Waals surface area contributed by atoms with Crippen molar-refractivity contribution in [1.29, 1.82) is 0 Å². The molecule has 1 heterocycles. The molecule has 2 rings (SSSR count). The molecule has 2 aromatic rings. The van der Waals surface area contributed by atoms with E-state index in [0.29, 0.717) is 6.54 Å². The van der Waals surface area contributed by atoms with Crippen molar-refractivity contribution in [2.45, 2.75) is 13.5 Å². The molecule has 1 aromatic heterocycles. The maximum Gasteiger partial charge on any atom is 0.161 e. The summed E-state index contributed by atoms with van der Waals surface area (Å²) in [4.78, 5) is 0. The van der Waals surface area contributed by atoms with Crippen LogP contribution in [0.15, 0.2) is 36.7 Å². The minimum atomic E-state index is -0.294. The Kier molecular flexibility index (Phi) is 2.31. The van der Waals surface area contributed by atoms with E-state index in [1.54, 1.807) is 4.68 Å². The molecule has 0 aliphatic carbocycles. The molecule has 14 heavy (non-hydrogen) atoms. The molecule has 0 saturated carbocycles. The zero-order chi connectivity index (χ0) is 9.97. The predicted octanol–water partition coefficient (Wildman–Crippen LogP) is 2.38. The van der Waals surface area contributed by atoms with Crippen molar-refractivity contribution in [3.63, 3.8) is 0 Å². The van der Waals surface area contributed by atoms with Crippen molar-refractivity contribution in [2.75, 3.05) is 0 Å². The van der Waals surface area contributed by atoms with Gasteiger partial charge in [0.1, 0.15) is 0 Å². The topological polar surface area (TPSA) is 17.8 Å². The first-order valence-corrected chi connectivity index (χ1v) is 4.47. The van der Waals surface area contributed by atoms with E-state index in [2.05, 4.69) is 5.10 Å². The number of hydrogen-bond donors (Lipinski definition) is 0. The molecule has 0 aliphatic rings. The Balaban J connectivity index is 2.15. The summed E-state index contributed by atoms with van der Waals surface area (Å²) < 4.78 is 14.2. The van der Waals surface area contributed by atoms with Gasteiger partial charge in [-0.3, -0.25) is 4.68 Å². The molecule has 0 amide bonds. The average molecular weight is 190 g/mol. The van der Waals surface area contributed by atoms with Crippen molar-refractivity contribution in [3.8, 4) is 0 Å². The highest BCUT2D eigenvalue weighted by Crippen LogP contribution is 2.05. The molecule has 2 nitrogen and oxygen atoms in total. The monoisotopic (exact) mass is 190 g/mol. The van der Waals surface area contributed by atoms with Gasteiger partial charge in [-0.1, -0.05) is 29.8 Å². The van der Waals surface area contributed by atoms with E-state index in [1.807, 2.05) is 31.2 Å². The van der Waals surface area contributed by atoms with Crippen LogP contribution in [0.25, 0.3) is 0 Å². The second-order valence-electron chi connectivity index (χ2n) is 3.34. The van der Waals surface area contributed by atoms with E-state index in [1.165, 1.54) is 18.0 Å². The maximum absolute atomic E-state index is 12.6. The summed E-state index contributed by atoms with van der Waals surface area (Å²) in [7, 11) is 0. The first kappa shape index (κ1) is 8.94. The van der Waals surface area contributed by atoms with Crippen LogP contribution in [0, 0.1) is 12.7 Å². The van der Waals surface area contributed by atoms with Crippen molar-refractivity contribution in [1.82, 2.24) is 9.78 Å². The highest BCUT2D eigenvalue weighted by molar-refractivity contribution is 5.21. The largest absolute Gasteiger partial charge is 0.265 e. The molecule has 0 bridgehead atoms. The van der Waals surface area contributed by atoms with Crippen LogP contribution < -0.4 is 0 Å². The molecule has 0 saturated heterocycles. The molecular weight excluding hydrogens is 179 g/mol. The Hall–Kier alpha value is -1.64. The number of halogens is 1. The highest BCUT2D eigenvalue weighted by atomic mass is 19.1. The Labute approximate surface area is 82.0 Å². The summed E-state index contributed by atoms with van der Waals surface area (Å²) in [6.45, 7) is 2.65. The predicted molar refractivity (Wildman–Crippen MR) is 52.5 cm³/mol. The maximum atomic E-state index is 12.6. The van der Waals surface area contributed by atoms with Gasteiger partial charge in [0.05, 0.1) is 18.9 Å². The van der Waals surface area contributed by atoms with E-state index < -0.39 is 0 Å². The summed E-state index contributed by atoms with van der Waals surface area (Å²) in [5.74, 6) is -0.294. The molecule has 72 valence electrons. The summed E-state index contributed by atoms with van der Waals surface area (Å²) in [6.07, 6.45) is 2.61. The molecule has 0 spiro atoms. The molecule has 0 radical (unpaired) electrons. The zero-order valence-corrected chi connectivity index (χ0v) is 7.94. The van der Waals surface area contributed by atoms with E-state index in [9.17, 15) is 4.39 Å².